The largest absolute Gasteiger partial charge is 0.459 e. The highest BCUT2D eigenvalue weighted by Crippen LogP contribution is 2.29. The first kappa shape index (κ1) is 15.0. The first-order valence-electron chi connectivity index (χ1n) is 4.92. The number of halogens is 4. The molecule has 1 aromatic carbocycles. The number of rotatable bonds is 3. The molecule has 1 unspecified atom stereocenters. The van der Waals surface area contributed by atoms with Gasteiger partial charge < -0.3 is 10.5 Å². The molecular weight excluding hydrogens is 315 g/mol. The third-order valence-corrected chi connectivity index (χ3v) is 2.82. The molecule has 0 saturated carbocycles. The second kappa shape index (κ2) is 5.27. The van der Waals surface area contributed by atoms with Crippen LogP contribution in [0.15, 0.2) is 28.7 Å². The summed E-state index contributed by atoms with van der Waals surface area (Å²) in [5, 5.41) is 0. The highest BCUT2D eigenvalue weighted by molar-refractivity contribution is 9.10. The summed E-state index contributed by atoms with van der Waals surface area (Å²) in [6.07, 6.45) is -4.84. The normalized spacial score (nSPS) is 15.0. The molecule has 18 heavy (non-hydrogen) atoms. The monoisotopic (exact) mass is 325 g/mol. The lowest BCUT2D eigenvalue weighted by Gasteiger charge is -2.25. The van der Waals surface area contributed by atoms with Crippen molar-refractivity contribution < 1.29 is 22.7 Å². The van der Waals surface area contributed by atoms with E-state index < -0.39 is 17.7 Å². The Kier molecular flexibility index (Phi) is 4.39. The lowest BCUT2D eigenvalue weighted by atomic mass is 10.0. The number of alkyl halides is 3. The van der Waals surface area contributed by atoms with Crippen molar-refractivity contribution in [1.82, 2.24) is 0 Å². The SMILES string of the molecule is CC(N)(C(=O)OCc1ccc(Br)cc1)C(F)(F)F. The summed E-state index contributed by atoms with van der Waals surface area (Å²) < 4.78 is 42.7. The summed E-state index contributed by atoms with van der Waals surface area (Å²) in [4.78, 5) is 11.3. The molecule has 0 spiro atoms. The summed E-state index contributed by atoms with van der Waals surface area (Å²) in [6.45, 7) is 0.325. The van der Waals surface area contributed by atoms with Crippen molar-refractivity contribution in [1.29, 1.82) is 0 Å². The van der Waals surface area contributed by atoms with Crippen molar-refractivity contribution >= 4 is 21.9 Å². The van der Waals surface area contributed by atoms with Gasteiger partial charge in [-0.2, -0.15) is 13.2 Å². The Labute approximate surface area is 110 Å². The van der Waals surface area contributed by atoms with Gasteiger partial charge in [-0.15, -0.1) is 0 Å². The van der Waals surface area contributed by atoms with E-state index in [4.69, 9.17) is 5.73 Å². The number of benzene rings is 1. The van der Waals surface area contributed by atoms with Crippen LogP contribution in [0.5, 0.6) is 0 Å². The zero-order chi connectivity index (χ0) is 14.0. The van der Waals surface area contributed by atoms with Crippen molar-refractivity contribution in [3.8, 4) is 0 Å². The molecule has 0 aliphatic carbocycles. The van der Waals surface area contributed by atoms with Gasteiger partial charge in [-0.25, -0.2) is 4.79 Å². The summed E-state index contributed by atoms with van der Waals surface area (Å²) >= 11 is 3.21. The standard InChI is InChI=1S/C11H11BrF3NO2/c1-10(16,11(13,14)15)9(17)18-6-7-2-4-8(12)5-3-7/h2-5H,6,16H2,1H3. The van der Waals surface area contributed by atoms with Gasteiger partial charge >= 0.3 is 12.1 Å². The Hall–Kier alpha value is -1.08. The molecule has 0 amide bonds. The summed E-state index contributed by atoms with van der Waals surface area (Å²) in [5.74, 6) is -1.50. The van der Waals surface area contributed by atoms with Crippen LogP contribution in [-0.2, 0) is 16.1 Å². The second-order valence-corrected chi connectivity index (χ2v) is 4.82. The second-order valence-electron chi connectivity index (χ2n) is 3.90. The van der Waals surface area contributed by atoms with Crippen LogP contribution in [0.25, 0.3) is 0 Å². The predicted molar refractivity (Wildman–Crippen MR) is 62.6 cm³/mol. The topological polar surface area (TPSA) is 52.3 Å². The maximum atomic E-state index is 12.4. The van der Waals surface area contributed by atoms with E-state index >= 15 is 0 Å². The molecule has 7 heteroatoms. The molecule has 3 nitrogen and oxygen atoms in total. The summed E-state index contributed by atoms with van der Waals surface area (Å²) in [5.41, 5.74) is 2.49. The van der Waals surface area contributed by atoms with Crippen LogP contribution in [-0.4, -0.2) is 17.7 Å². The van der Waals surface area contributed by atoms with E-state index in [1.54, 1.807) is 24.3 Å². The van der Waals surface area contributed by atoms with Gasteiger partial charge in [0, 0.05) is 4.47 Å². The fourth-order valence-electron chi connectivity index (χ4n) is 0.995. The number of carbonyl (C=O) groups excluding carboxylic acids is 1. The van der Waals surface area contributed by atoms with E-state index in [1.165, 1.54) is 0 Å². The van der Waals surface area contributed by atoms with Crippen LogP contribution in [0.2, 0.25) is 0 Å². The molecule has 1 aromatic rings. The van der Waals surface area contributed by atoms with Gasteiger partial charge in [0.15, 0.2) is 0 Å². The molecule has 0 radical (unpaired) electrons. The number of ether oxygens (including phenoxy) is 1. The highest BCUT2D eigenvalue weighted by atomic mass is 79.9. The minimum absolute atomic E-state index is 0.255. The van der Waals surface area contributed by atoms with Crippen molar-refractivity contribution in [2.75, 3.05) is 0 Å². The van der Waals surface area contributed by atoms with Crippen LogP contribution in [0.1, 0.15) is 12.5 Å². The molecule has 2 N–H and O–H groups in total. The fraction of sp³-hybridized carbons (Fsp3) is 0.364. The van der Waals surface area contributed by atoms with E-state index in [0.717, 1.165) is 4.47 Å². The quantitative estimate of drug-likeness (QED) is 0.869. The lowest BCUT2D eigenvalue weighted by molar-refractivity contribution is -0.202. The fourth-order valence-corrected chi connectivity index (χ4v) is 1.26. The van der Waals surface area contributed by atoms with Gasteiger partial charge in [0.05, 0.1) is 0 Å². The number of carbonyl (C=O) groups is 1. The van der Waals surface area contributed by atoms with Gasteiger partial charge in [-0.3, -0.25) is 0 Å². The Morgan fingerprint density at radius 2 is 1.83 bits per heavy atom. The molecule has 0 saturated heterocycles. The van der Waals surface area contributed by atoms with Gasteiger partial charge in [0.1, 0.15) is 6.61 Å². The Bertz CT molecular complexity index is 429. The third-order valence-electron chi connectivity index (χ3n) is 2.30. The number of esters is 1. The third kappa shape index (κ3) is 3.46. The minimum Gasteiger partial charge on any atom is -0.459 e. The minimum atomic E-state index is -4.84. The lowest BCUT2D eigenvalue weighted by Crippen LogP contribution is -2.57. The molecule has 0 bridgehead atoms. The predicted octanol–water partition coefficient (Wildman–Crippen LogP) is 2.77. The molecule has 0 aromatic heterocycles. The smallest absolute Gasteiger partial charge is 0.416 e. The molecule has 0 aliphatic heterocycles. The van der Waals surface area contributed by atoms with E-state index in [9.17, 15) is 18.0 Å². The maximum absolute atomic E-state index is 12.4. The van der Waals surface area contributed by atoms with Crippen LogP contribution in [0.3, 0.4) is 0 Å². The van der Waals surface area contributed by atoms with Crippen molar-refractivity contribution in [2.45, 2.75) is 25.2 Å². The van der Waals surface area contributed by atoms with Crippen LogP contribution in [0, 0.1) is 0 Å². The molecule has 0 heterocycles. The zero-order valence-corrected chi connectivity index (χ0v) is 11.0. The first-order chi connectivity index (χ1) is 8.14. The zero-order valence-electron chi connectivity index (χ0n) is 9.42. The number of hydrogen-bond acceptors (Lipinski definition) is 3. The van der Waals surface area contributed by atoms with Crippen molar-refractivity contribution in [2.24, 2.45) is 5.73 Å². The number of nitrogens with two attached hydrogens (primary N) is 1. The summed E-state index contributed by atoms with van der Waals surface area (Å²) in [6, 6.07) is 6.63. The average molecular weight is 326 g/mol. The average Bonchev–Trinajstić information content (AvgIpc) is 2.26. The molecule has 100 valence electrons. The van der Waals surface area contributed by atoms with E-state index in [0.29, 0.717) is 12.5 Å². The van der Waals surface area contributed by atoms with Crippen LogP contribution < -0.4 is 5.73 Å². The summed E-state index contributed by atoms with van der Waals surface area (Å²) in [7, 11) is 0. The number of hydrogen-bond donors (Lipinski definition) is 1. The molecule has 0 aliphatic rings. The molecular formula is C11H11BrF3NO2. The van der Waals surface area contributed by atoms with Gasteiger partial charge in [-0.1, -0.05) is 28.1 Å². The highest BCUT2D eigenvalue weighted by Gasteiger charge is 2.55. The molecule has 1 rings (SSSR count). The van der Waals surface area contributed by atoms with E-state index in [2.05, 4.69) is 20.7 Å². The van der Waals surface area contributed by atoms with E-state index in [1.807, 2.05) is 0 Å². The van der Waals surface area contributed by atoms with Crippen molar-refractivity contribution in [3.63, 3.8) is 0 Å². The van der Waals surface area contributed by atoms with Crippen LogP contribution >= 0.6 is 15.9 Å². The Morgan fingerprint density at radius 3 is 2.28 bits per heavy atom. The maximum Gasteiger partial charge on any atom is 0.416 e. The Morgan fingerprint density at radius 1 is 1.33 bits per heavy atom. The molecule has 1 atom stereocenters. The Balaban J connectivity index is 2.64. The van der Waals surface area contributed by atoms with Gasteiger partial charge in [0.2, 0.25) is 5.54 Å². The van der Waals surface area contributed by atoms with Gasteiger partial charge in [-0.05, 0) is 24.6 Å². The van der Waals surface area contributed by atoms with Gasteiger partial charge in [0.25, 0.3) is 0 Å². The van der Waals surface area contributed by atoms with Crippen LogP contribution in [0.4, 0.5) is 13.2 Å². The van der Waals surface area contributed by atoms with Crippen molar-refractivity contribution in [3.05, 3.63) is 34.3 Å². The van der Waals surface area contributed by atoms with E-state index in [-0.39, 0.29) is 6.61 Å². The first-order valence-corrected chi connectivity index (χ1v) is 5.71. The molecule has 0 fully saturated rings.